The van der Waals surface area contributed by atoms with Crippen LogP contribution in [0.4, 0.5) is 0 Å². The molecule has 0 amide bonds. The lowest BCUT2D eigenvalue weighted by atomic mass is 9.87. The van der Waals surface area contributed by atoms with Gasteiger partial charge in [0.2, 0.25) is 5.84 Å². The Labute approximate surface area is 78.6 Å². The van der Waals surface area contributed by atoms with Gasteiger partial charge in [0.05, 0.1) is 6.42 Å². The number of carboxylic acid groups (broad SMARTS) is 1. The van der Waals surface area contributed by atoms with Gasteiger partial charge >= 0.3 is 0 Å². The summed E-state index contributed by atoms with van der Waals surface area (Å²) in [7, 11) is 0. The lowest BCUT2D eigenvalue weighted by molar-refractivity contribution is -0.283. The molecule has 1 fully saturated rings. The highest BCUT2D eigenvalue weighted by molar-refractivity contribution is 5.73. The van der Waals surface area contributed by atoms with Gasteiger partial charge < -0.3 is 9.90 Å². The van der Waals surface area contributed by atoms with Gasteiger partial charge in [-0.3, -0.25) is 11.1 Å². The highest BCUT2D eigenvalue weighted by Gasteiger charge is 2.15. The average molecular weight is 186 g/mol. The Morgan fingerprint density at radius 2 is 1.92 bits per heavy atom. The van der Waals surface area contributed by atoms with Crippen LogP contribution in [-0.4, -0.2) is 12.3 Å². The van der Waals surface area contributed by atoms with Gasteiger partial charge in [-0.15, -0.1) is 0 Å². The molecule has 1 aliphatic rings. The maximum absolute atomic E-state index is 8.25. The van der Waals surface area contributed by atoms with Crippen molar-refractivity contribution in [1.82, 2.24) is 0 Å². The highest BCUT2D eigenvalue weighted by Crippen LogP contribution is 2.25. The van der Waals surface area contributed by atoms with Crippen LogP contribution in [-0.2, 0) is 4.79 Å². The first kappa shape index (κ1) is 11.9. The van der Waals surface area contributed by atoms with E-state index in [9.17, 15) is 0 Å². The molecule has 0 heterocycles. The molecule has 0 bridgehead atoms. The van der Waals surface area contributed by atoms with Crippen molar-refractivity contribution in [3.8, 4) is 0 Å². The number of hydrogen-bond acceptors (Lipinski definition) is 2. The molecular weight excluding hydrogens is 168 g/mol. The Kier molecular flexibility index (Phi) is 6.96. The van der Waals surface area contributed by atoms with Crippen LogP contribution < -0.4 is 16.2 Å². The molecule has 1 rings (SSSR count). The summed E-state index contributed by atoms with van der Waals surface area (Å²) in [6, 6.07) is 0. The third kappa shape index (κ3) is 7.31. The fraction of sp³-hybridized carbons (Fsp3) is 0.778. The van der Waals surface area contributed by atoms with Crippen molar-refractivity contribution in [2.75, 3.05) is 0 Å². The molecule has 13 heavy (non-hydrogen) atoms. The number of carbonyl (C=O) groups excluding carboxylic acids is 1. The SMILES string of the molecule is NC(=[NH2+])CC1CCCCC1.O=C[O-]. The summed E-state index contributed by atoms with van der Waals surface area (Å²) in [6.45, 7) is -0.500. The molecule has 0 radical (unpaired) electrons. The van der Waals surface area contributed by atoms with Gasteiger partial charge in [0.15, 0.2) is 0 Å². The highest BCUT2D eigenvalue weighted by atomic mass is 16.3. The second-order valence-corrected chi connectivity index (χ2v) is 3.38. The molecule has 1 saturated carbocycles. The predicted octanol–water partition coefficient (Wildman–Crippen LogP) is -1.56. The van der Waals surface area contributed by atoms with E-state index < -0.39 is 6.47 Å². The second kappa shape index (κ2) is 7.58. The molecule has 76 valence electrons. The van der Waals surface area contributed by atoms with Gasteiger partial charge in [-0.05, 0) is 18.8 Å². The van der Waals surface area contributed by atoms with E-state index in [2.05, 4.69) is 0 Å². The van der Waals surface area contributed by atoms with Crippen molar-refractivity contribution in [3.63, 3.8) is 0 Å². The van der Waals surface area contributed by atoms with Crippen LogP contribution in [0.15, 0.2) is 0 Å². The van der Waals surface area contributed by atoms with Gasteiger partial charge in [0.1, 0.15) is 0 Å². The number of nitrogens with two attached hydrogens (primary N) is 2. The van der Waals surface area contributed by atoms with Gasteiger partial charge in [-0.1, -0.05) is 19.3 Å². The van der Waals surface area contributed by atoms with Gasteiger partial charge in [0, 0.05) is 6.47 Å². The molecule has 0 spiro atoms. The van der Waals surface area contributed by atoms with Crippen molar-refractivity contribution >= 4 is 12.3 Å². The molecule has 0 aromatic heterocycles. The molecule has 0 saturated heterocycles. The zero-order valence-corrected chi connectivity index (χ0v) is 7.87. The normalized spacial score (nSPS) is 16.9. The molecule has 0 aromatic rings. The molecule has 1 aliphatic carbocycles. The third-order valence-electron chi connectivity index (χ3n) is 2.25. The lowest BCUT2D eigenvalue weighted by Crippen LogP contribution is -2.46. The Bertz CT molecular complexity index is 154. The van der Waals surface area contributed by atoms with Crippen molar-refractivity contribution in [2.24, 2.45) is 11.7 Å². The molecule has 4 N–H and O–H groups in total. The Morgan fingerprint density at radius 1 is 1.46 bits per heavy atom. The minimum absolute atomic E-state index is 0.500. The van der Waals surface area contributed by atoms with E-state index >= 15 is 0 Å². The van der Waals surface area contributed by atoms with Crippen molar-refractivity contribution in [3.05, 3.63) is 0 Å². The van der Waals surface area contributed by atoms with Crippen LogP contribution in [0, 0.1) is 5.92 Å². The Morgan fingerprint density at radius 3 is 2.31 bits per heavy atom. The first-order chi connectivity index (χ1) is 6.20. The fourth-order valence-electron chi connectivity index (χ4n) is 1.72. The topological polar surface area (TPSA) is 91.7 Å². The zero-order valence-electron chi connectivity index (χ0n) is 7.87. The number of rotatable bonds is 2. The summed E-state index contributed by atoms with van der Waals surface area (Å²) in [5.41, 5.74) is 5.42. The second-order valence-electron chi connectivity index (χ2n) is 3.38. The van der Waals surface area contributed by atoms with Crippen LogP contribution in [0.1, 0.15) is 38.5 Å². The van der Waals surface area contributed by atoms with Crippen LogP contribution in [0.2, 0.25) is 0 Å². The van der Waals surface area contributed by atoms with Crippen LogP contribution >= 0.6 is 0 Å². The minimum atomic E-state index is -0.500. The molecule has 0 aliphatic heterocycles. The van der Waals surface area contributed by atoms with E-state index in [0.29, 0.717) is 5.84 Å². The summed E-state index contributed by atoms with van der Waals surface area (Å²) >= 11 is 0. The zero-order chi connectivity index (χ0) is 10.1. The van der Waals surface area contributed by atoms with Crippen molar-refractivity contribution in [2.45, 2.75) is 38.5 Å². The number of amidine groups is 1. The predicted molar refractivity (Wildman–Crippen MR) is 48.4 cm³/mol. The van der Waals surface area contributed by atoms with E-state index in [1.165, 1.54) is 32.1 Å². The van der Waals surface area contributed by atoms with Crippen LogP contribution in [0.25, 0.3) is 0 Å². The molecule has 0 atom stereocenters. The summed E-state index contributed by atoms with van der Waals surface area (Å²) in [5, 5.41) is 13.7. The van der Waals surface area contributed by atoms with E-state index in [4.69, 9.17) is 21.0 Å². The van der Waals surface area contributed by atoms with Crippen molar-refractivity contribution < 1.29 is 15.3 Å². The van der Waals surface area contributed by atoms with E-state index in [-0.39, 0.29) is 0 Å². The summed E-state index contributed by atoms with van der Waals surface area (Å²) in [5.74, 6) is 1.41. The quantitative estimate of drug-likeness (QED) is 0.310. The fourth-order valence-corrected chi connectivity index (χ4v) is 1.72. The molecule has 0 unspecified atom stereocenters. The van der Waals surface area contributed by atoms with Crippen molar-refractivity contribution in [1.29, 1.82) is 0 Å². The Hall–Kier alpha value is -1.06. The number of carbonyl (C=O) groups is 1. The first-order valence-corrected chi connectivity index (χ1v) is 4.63. The van der Waals surface area contributed by atoms with Gasteiger partial charge in [0.25, 0.3) is 0 Å². The molecular formula is C9H18N2O2. The third-order valence-corrected chi connectivity index (χ3v) is 2.25. The number of hydrogen-bond donors (Lipinski definition) is 2. The maximum Gasteiger partial charge on any atom is 0.238 e. The maximum atomic E-state index is 8.25. The summed E-state index contributed by atoms with van der Waals surface area (Å²) in [6.07, 6.45) is 7.76. The average Bonchev–Trinajstić information content (AvgIpc) is 2.06. The molecule has 4 nitrogen and oxygen atoms in total. The standard InChI is InChI=1S/C8H16N2.CH2O2/c9-8(10)6-7-4-2-1-3-5-7;2-1-3/h7H,1-6H2,(H3,9,10);1H,(H,2,3). The summed E-state index contributed by atoms with van der Waals surface area (Å²) < 4.78 is 0. The minimum Gasteiger partial charge on any atom is -0.554 e. The molecule has 4 heteroatoms. The largest absolute Gasteiger partial charge is 0.554 e. The smallest absolute Gasteiger partial charge is 0.238 e. The van der Waals surface area contributed by atoms with Crippen LogP contribution in [0.3, 0.4) is 0 Å². The van der Waals surface area contributed by atoms with Crippen LogP contribution in [0.5, 0.6) is 0 Å². The summed E-state index contributed by atoms with van der Waals surface area (Å²) in [4.78, 5) is 8.25. The molecule has 0 aromatic carbocycles. The van der Waals surface area contributed by atoms with E-state index in [1.54, 1.807) is 0 Å². The lowest BCUT2D eigenvalue weighted by Gasteiger charge is -2.18. The van der Waals surface area contributed by atoms with E-state index in [1.807, 2.05) is 0 Å². The van der Waals surface area contributed by atoms with Gasteiger partial charge in [-0.25, -0.2) is 0 Å². The van der Waals surface area contributed by atoms with Gasteiger partial charge in [-0.2, -0.15) is 0 Å². The monoisotopic (exact) mass is 186 g/mol. The Balaban J connectivity index is 0.000000424. The van der Waals surface area contributed by atoms with E-state index in [0.717, 1.165) is 12.3 Å². The first-order valence-electron chi connectivity index (χ1n) is 4.63.